The number of nitrogens with zero attached hydrogens (tertiary/aromatic N) is 1. The highest BCUT2D eigenvalue weighted by molar-refractivity contribution is 6.26. The zero-order valence-corrected chi connectivity index (χ0v) is 28.8. The number of anilines is 1. The third-order valence-electron chi connectivity index (χ3n) is 10.3. The Kier molecular flexibility index (Phi) is 10.2. The van der Waals surface area contributed by atoms with Gasteiger partial charge in [0.2, 0.25) is 17.7 Å². The number of piperidine rings is 1. The SMILES string of the molecule is COC1CCC2(CC1)NC(=O)C(c1cc(C)ccc1C)=C2OCCCCCCC(=O)Nc1cccc2c1C(=O)N(C1CCC(=O)NC1=O)C2=O. The van der Waals surface area contributed by atoms with Gasteiger partial charge in [0.25, 0.3) is 17.7 Å². The summed E-state index contributed by atoms with van der Waals surface area (Å²) < 4.78 is 12.1. The lowest BCUT2D eigenvalue weighted by molar-refractivity contribution is -0.136. The van der Waals surface area contributed by atoms with Crippen LogP contribution in [-0.2, 0) is 28.7 Å². The van der Waals surface area contributed by atoms with Gasteiger partial charge in [-0.1, -0.05) is 42.7 Å². The first-order valence-corrected chi connectivity index (χ1v) is 17.5. The summed E-state index contributed by atoms with van der Waals surface area (Å²) in [6.45, 7) is 4.46. The molecule has 3 N–H and O–H groups in total. The zero-order valence-electron chi connectivity index (χ0n) is 28.8. The number of unbranched alkanes of at least 4 members (excludes halogenated alkanes) is 3. The molecule has 6 amide bonds. The average molecular weight is 685 g/mol. The molecule has 6 rings (SSSR count). The Labute approximate surface area is 291 Å². The molecule has 2 aromatic carbocycles. The highest BCUT2D eigenvalue weighted by Crippen LogP contribution is 2.44. The Bertz CT molecular complexity index is 1770. The van der Waals surface area contributed by atoms with Crippen LogP contribution in [0.15, 0.2) is 42.2 Å². The van der Waals surface area contributed by atoms with Crippen molar-refractivity contribution >= 4 is 46.7 Å². The molecule has 1 saturated heterocycles. The maximum absolute atomic E-state index is 13.5. The monoisotopic (exact) mass is 684 g/mol. The minimum absolute atomic E-state index is 0.0262. The summed E-state index contributed by atoms with van der Waals surface area (Å²) >= 11 is 0. The maximum atomic E-state index is 13.5. The van der Waals surface area contributed by atoms with E-state index in [-0.39, 0.29) is 54.0 Å². The molecule has 1 unspecified atom stereocenters. The Hall–Kier alpha value is -4.84. The number of carbonyl (C=O) groups is 6. The van der Waals surface area contributed by atoms with E-state index in [1.54, 1.807) is 19.2 Å². The van der Waals surface area contributed by atoms with Gasteiger partial charge < -0.3 is 20.1 Å². The van der Waals surface area contributed by atoms with E-state index in [4.69, 9.17) is 9.47 Å². The smallest absolute Gasteiger partial charge is 0.264 e. The molecule has 0 bridgehead atoms. The van der Waals surface area contributed by atoms with Crippen molar-refractivity contribution in [3.8, 4) is 0 Å². The molecule has 2 fully saturated rings. The topological polar surface area (TPSA) is 160 Å². The van der Waals surface area contributed by atoms with Crippen LogP contribution in [0.5, 0.6) is 0 Å². The third-order valence-corrected chi connectivity index (χ3v) is 10.3. The number of nitrogens with one attached hydrogen (secondary N) is 3. The molecule has 2 aromatic rings. The van der Waals surface area contributed by atoms with Gasteiger partial charge in [-0.3, -0.25) is 39.0 Å². The van der Waals surface area contributed by atoms with Crippen LogP contribution in [0.4, 0.5) is 5.69 Å². The molecule has 3 heterocycles. The summed E-state index contributed by atoms with van der Waals surface area (Å²) in [6, 6.07) is 9.67. The first-order chi connectivity index (χ1) is 24.0. The van der Waals surface area contributed by atoms with Gasteiger partial charge >= 0.3 is 0 Å². The number of carbonyl (C=O) groups excluding carboxylic acids is 6. The molecule has 1 saturated carbocycles. The molecule has 50 heavy (non-hydrogen) atoms. The first kappa shape index (κ1) is 35.0. The van der Waals surface area contributed by atoms with E-state index in [2.05, 4.69) is 16.0 Å². The minimum atomic E-state index is -1.08. The van der Waals surface area contributed by atoms with Crippen molar-refractivity contribution in [2.75, 3.05) is 19.0 Å². The molecule has 264 valence electrons. The highest BCUT2D eigenvalue weighted by Gasteiger charge is 2.49. The van der Waals surface area contributed by atoms with Gasteiger partial charge in [0.05, 0.1) is 40.6 Å². The average Bonchev–Trinajstić information content (AvgIpc) is 3.50. The molecule has 1 spiro atoms. The molecular formula is C38H44N4O8. The molecule has 1 atom stereocenters. The van der Waals surface area contributed by atoms with Crippen molar-refractivity contribution in [2.45, 2.75) is 102 Å². The quantitative estimate of drug-likeness (QED) is 0.218. The van der Waals surface area contributed by atoms with Gasteiger partial charge in [-0.2, -0.15) is 0 Å². The molecule has 4 aliphatic rings. The van der Waals surface area contributed by atoms with E-state index in [0.29, 0.717) is 18.6 Å². The van der Waals surface area contributed by atoms with Crippen LogP contribution in [0.25, 0.3) is 5.57 Å². The molecule has 0 aromatic heterocycles. The van der Waals surface area contributed by atoms with E-state index in [9.17, 15) is 28.8 Å². The predicted molar refractivity (Wildman–Crippen MR) is 184 cm³/mol. The second-order valence-corrected chi connectivity index (χ2v) is 13.7. The molecule has 0 radical (unpaired) electrons. The van der Waals surface area contributed by atoms with Crippen LogP contribution in [0.1, 0.15) is 108 Å². The fourth-order valence-electron chi connectivity index (χ4n) is 7.56. The first-order valence-electron chi connectivity index (χ1n) is 17.5. The number of imide groups is 2. The van der Waals surface area contributed by atoms with Gasteiger partial charge in [-0.15, -0.1) is 0 Å². The highest BCUT2D eigenvalue weighted by atomic mass is 16.5. The number of fused-ring (bicyclic) bond motifs is 1. The number of amides is 6. The van der Waals surface area contributed by atoms with E-state index in [1.165, 1.54) is 6.07 Å². The van der Waals surface area contributed by atoms with E-state index in [1.807, 2.05) is 32.0 Å². The summed E-state index contributed by atoms with van der Waals surface area (Å²) in [5.74, 6) is -2.09. The van der Waals surface area contributed by atoms with Crippen LogP contribution >= 0.6 is 0 Å². The minimum Gasteiger partial charge on any atom is -0.495 e. The summed E-state index contributed by atoms with van der Waals surface area (Å²) in [7, 11) is 1.73. The lowest BCUT2D eigenvalue weighted by atomic mass is 9.79. The Balaban J connectivity index is 1.02. The van der Waals surface area contributed by atoms with Gasteiger partial charge in [0.15, 0.2) is 0 Å². The lowest BCUT2D eigenvalue weighted by Gasteiger charge is -2.38. The maximum Gasteiger partial charge on any atom is 0.264 e. The Morgan fingerprint density at radius 1 is 0.940 bits per heavy atom. The number of benzene rings is 2. The van der Waals surface area contributed by atoms with E-state index in [0.717, 1.165) is 72.3 Å². The van der Waals surface area contributed by atoms with Crippen LogP contribution in [0, 0.1) is 13.8 Å². The van der Waals surface area contributed by atoms with Crippen molar-refractivity contribution in [2.24, 2.45) is 0 Å². The van der Waals surface area contributed by atoms with Crippen molar-refractivity contribution in [3.05, 3.63) is 70.0 Å². The van der Waals surface area contributed by atoms with Crippen LogP contribution in [-0.4, -0.2) is 71.7 Å². The van der Waals surface area contributed by atoms with Crippen molar-refractivity contribution in [1.82, 2.24) is 15.5 Å². The van der Waals surface area contributed by atoms with Gasteiger partial charge in [-0.05, 0) is 82.1 Å². The van der Waals surface area contributed by atoms with Crippen LogP contribution in [0.2, 0.25) is 0 Å². The van der Waals surface area contributed by atoms with E-state index >= 15 is 0 Å². The predicted octanol–water partition coefficient (Wildman–Crippen LogP) is 4.48. The molecule has 1 aliphatic carbocycles. The van der Waals surface area contributed by atoms with Crippen molar-refractivity contribution < 1.29 is 38.2 Å². The standard InChI is InChI=1S/C38H44N4O8/c1-22-12-13-23(2)26(21-22)32-33(38(41-35(32)46)18-16-24(49-3)17-19-38)50-20-7-5-4-6-11-29(43)39-27-10-8-9-25-31(27)37(48)42(36(25)47)28-14-15-30(44)40-34(28)45/h8-10,12-13,21,24,28H,4-7,11,14-20H2,1-3H3,(H,39,43)(H,41,46)(H,40,44,45). The number of hydrogen-bond donors (Lipinski definition) is 3. The van der Waals surface area contributed by atoms with Crippen molar-refractivity contribution in [1.29, 1.82) is 0 Å². The van der Waals surface area contributed by atoms with Crippen LogP contribution in [0.3, 0.4) is 0 Å². The second-order valence-electron chi connectivity index (χ2n) is 13.7. The number of aryl methyl sites for hydroxylation is 2. The van der Waals surface area contributed by atoms with Crippen molar-refractivity contribution in [3.63, 3.8) is 0 Å². The Morgan fingerprint density at radius 2 is 1.70 bits per heavy atom. The molecular weight excluding hydrogens is 640 g/mol. The fourth-order valence-corrected chi connectivity index (χ4v) is 7.56. The van der Waals surface area contributed by atoms with Crippen LogP contribution < -0.4 is 16.0 Å². The van der Waals surface area contributed by atoms with Gasteiger partial charge in [0, 0.05) is 20.0 Å². The largest absolute Gasteiger partial charge is 0.495 e. The summed E-state index contributed by atoms with van der Waals surface area (Å²) in [4.78, 5) is 77.6. The molecule has 12 nitrogen and oxygen atoms in total. The van der Waals surface area contributed by atoms with E-state index < -0.39 is 35.2 Å². The summed E-state index contributed by atoms with van der Waals surface area (Å²) in [5.41, 5.74) is 3.44. The van der Waals surface area contributed by atoms with Gasteiger partial charge in [-0.25, -0.2) is 0 Å². The summed E-state index contributed by atoms with van der Waals surface area (Å²) in [5, 5.41) is 8.24. The second kappa shape index (κ2) is 14.6. The summed E-state index contributed by atoms with van der Waals surface area (Å²) in [6.07, 6.45) is 6.55. The molecule has 12 heteroatoms. The third kappa shape index (κ3) is 6.81. The number of hydrogen-bond acceptors (Lipinski definition) is 8. The van der Waals surface area contributed by atoms with Gasteiger partial charge in [0.1, 0.15) is 11.8 Å². The Morgan fingerprint density at radius 3 is 2.44 bits per heavy atom. The number of methoxy groups -OCH3 is 1. The number of ether oxygens (including phenoxy) is 2. The number of rotatable bonds is 12. The fraction of sp³-hybridized carbons (Fsp3) is 0.474. The molecule has 3 aliphatic heterocycles. The normalized spacial score (nSPS) is 23.3. The lowest BCUT2D eigenvalue weighted by Crippen LogP contribution is -2.54. The zero-order chi connectivity index (χ0) is 35.6.